The van der Waals surface area contributed by atoms with Crippen LogP contribution in [0, 0.1) is 0 Å². The Morgan fingerprint density at radius 1 is 1.00 bits per heavy atom. The van der Waals surface area contributed by atoms with E-state index in [0.29, 0.717) is 6.61 Å². The van der Waals surface area contributed by atoms with E-state index in [2.05, 4.69) is 86.4 Å². The van der Waals surface area contributed by atoms with Crippen LogP contribution in [-0.2, 0) is 13.9 Å². The Labute approximate surface area is 225 Å². The Balaban J connectivity index is 1.52. The van der Waals surface area contributed by atoms with E-state index >= 15 is 0 Å². The SMILES string of the molecule is CC1(C)O[C@@H]2[C@H](O1)[C@@H](CO[Si](c1ccccc1)(c1ccccc1)C(C)(C)C)[Se][C@H]2n1ccc(N)nc1=O. The molecule has 2 saturated heterocycles. The molecule has 0 saturated carbocycles. The fraction of sp³-hybridized carbons (Fsp3) is 0.429. The summed E-state index contributed by atoms with van der Waals surface area (Å²) in [5.74, 6) is -0.510. The molecule has 3 heterocycles. The number of ether oxygens (including phenoxy) is 2. The summed E-state index contributed by atoms with van der Waals surface area (Å²) in [5.41, 5.74) is 5.41. The van der Waals surface area contributed by atoms with Gasteiger partial charge in [-0.3, -0.25) is 0 Å². The molecule has 2 aliphatic rings. The number of hydrogen-bond donors (Lipinski definition) is 1. The fourth-order valence-corrected chi connectivity index (χ4v) is 13.7. The van der Waals surface area contributed by atoms with Crippen LogP contribution in [0.15, 0.2) is 77.7 Å². The Morgan fingerprint density at radius 3 is 2.11 bits per heavy atom. The summed E-state index contributed by atoms with van der Waals surface area (Å²) in [6.45, 7) is 11.2. The van der Waals surface area contributed by atoms with Gasteiger partial charge in [-0.05, 0) is 0 Å². The van der Waals surface area contributed by atoms with Gasteiger partial charge in [0.1, 0.15) is 0 Å². The second-order valence-electron chi connectivity index (χ2n) is 11.1. The second kappa shape index (κ2) is 9.80. The average molecular weight is 585 g/mol. The van der Waals surface area contributed by atoms with Crippen LogP contribution in [0.2, 0.25) is 9.85 Å². The van der Waals surface area contributed by atoms with Gasteiger partial charge in [-0.1, -0.05) is 0 Å². The average Bonchev–Trinajstić information content (AvgIpc) is 3.33. The van der Waals surface area contributed by atoms with Crippen molar-refractivity contribution in [2.45, 2.75) is 67.4 Å². The molecule has 7 nitrogen and oxygen atoms in total. The van der Waals surface area contributed by atoms with Crippen molar-refractivity contribution in [2.24, 2.45) is 0 Å². The van der Waals surface area contributed by atoms with Crippen molar-refractivity contribution >= 4 is 39.5 Å². The van der Waals surface area contributed by atoms with E-state index in [1.807, 2.05) is 13.8 Å². The van der Waals surface area contributed by atoms with Crippen molar-refractivity contribution in [3.8, 4) is 0 Å². The van der Waals surface area contributed by atoms with Gasteiger partial charge in [0.05, 0.1) is 0 Å². The monoisotopic (exact) mass is 585 g/mol. The molecule has 5 rings (SSSR count). The fourth-order valence-electron chi connectivity index (χ4n) is 5.61. The molecule has 2 N–H and O–H groups in total. The molecular weight excluding hydrogens is 549 g/mol. The second-order valence-corrected chi connectivity index (χ2v) is 18.3. The van der Waals surface area contributed by atoms with Crippen molar-refractivity contribution in [3.63, 3.8) is 0 Å². The number of hydrogen-bond acceptors (Lipinski definition) is 6. The van der Waals surface area contributed by atoms with Gasteiger partial charge in [0.15, 0.2) is 0 Å². The van der Waals surface area contributed by atoms with Gasteiger partial charge in [-0.25, -0.2) is 0 Å². The molecule has 4 atom stereocenters. The quantitative estimate of drug-likeness (QED) is 0.449. The van der Waals surface area contributed by atoms with Gasteiger partial charge in [0.2, 0.25) is 0 Å². The van der Waals surface area contributed by atoms with E-state index in [-0.39, 0.29) is 53.5 Å². The Kier molecular flexibility index (Phi) is 6.98. The van der Waals surface area contributed by atoms with Crippen LogP contribution >= 0.6 is 0 Å². The first-order valence-corrected chi connectivity index (χ1v) is 16.5. The molecule has 0 unspecified atom stereocenters. The summed E-state index contributed by atoms with van der Waals surface area (Å²) in [4.78, 5) is 16.7. The molecule has 9 heteroatoms. The molecule has 1 aromatic heterocycles. The molecule has 0 amide bonds. The first kappa shape index (κ1) is 26.3. The summed E-state index contributed by atoms with van der Waals surface area (Å²) < 4.78 is 21.7. The first-order valence-electron chi connectivity index (χ1n) is 12.6. The summed E-state index contributed by atoms with van der Waals surface area (Å²) >= 11 is -0.0289. The van der Waals surface area contributed by atoms with E-state index < -0.39 is 14.1 Å². The summed E-state index contributed by atoms with van der Waals surface area (Å²) in [7, 11) is -2.70. The molecule has 0 radical (unpaired) electrons. The number of benzene rings is 2. The van der Waals surface area contributed by atoms with Crippen LogP contribution < -0.4 is 21.8 Å². The molecule has 3 aromatic rings. The van der Waals surface area contributed by atoms with E-state index in [0.717, 1.165) is 0 Å². The van der Waals surface area contributed by atoms with Crippen LogP contribution in [0.1, 0.15) is 39.6 Å². The number of nitrogens with two attached hydrogens (primary N) is 1. The Morgan fingerprint density at radius 2 is 1.57 bits per heavy atom. The summed E-state index contributed by atoms with van der Waals surface area (Å²) in [6.07, 6.45) is 1.32. The maximum atomic E-state index is 12.8. The van der Waals surface area contributed by atoms with Gasteiger partial charge < -0.3 is 0 Å². The van der Waals surface area contributed by atoms with Crippen LogP contribution in [0.3, 0.4) is 0 Å². The molecular formula is C28H35N3O4SeSi. The number of anilines is 1. The van der Waals surface area contributed by atoms with E-state index in [9.17, 15) is 4.79 Å². The molecule has 37 heavy (non-hydrogen) atoms. The predicted octanol–water partition coefficient (Wildman–Crippen LogP) is 2.93. The third-order valence-corrected chi connectivity index (χ3v) is 15.3. The number of aromatic nitrogens is 2. The molecule has 2 aliphatic heterocycles. The zero-order chi connectivity index (χ0) is 26.4. The van der Waals surface area contributed by atoms with Gasteiger partial charge >= 0.3 is 226 Å². The summed E-state index contributed by atoms with van der Waals surface area (Å²) in [6, 6.07) is 23.0. The van der Waals surface area contributed by atoms with Crippen LogP contribution in [0.4, 0.5) is 5.82 Å². The van der Waals surface area contributed by atoms with Crippen molar-refractivity contribution in [3.05, 3.63) is 83.4 Å². The van der Waals surface area contributed by atoms with Crippen molar-refractivity contribution in [1.29, 1.82) is 0 Å². The summed E-state index contributed by atoms with van der Waals surface area (Å²) in [5, 5.41) is 2.37. The van der Waals surface area contributed by atoms with Gasteiger partial charge in [-0.2, -0.15) is 0 Å². The molecule has 0 spiro atoms. The molecule has 2 fully saturated rings. The van der Waals surface area contributed by atoms with Gasteiger partial charge in [0.25, 0.3) is 0 Å². The first-order chi connectivity index (χ1) is 17.5. The van der Waals surface area contributed by atoms with E-state index in [1.54, 1.807) is 16.8 Å². The predicted molar refractivity (Wildman–Crippen MR) is 149 cm³/mol. The molecule has 0 bridgehead atoms. The van der Waals surface area contributed by atoms with Crippen LogP contribution in [-0.4, -0.2) is 57.4 Å². The zero-order valence-electron chi connectivity index (χ0n) is 22.0. The van der Waals surface area contributed by atoms with Gasteiger partial charge in [0, 0.05) is 0 Å². The minimum absolute atomic E-state index is 0.0289. The van der Waals surface area contributed by atoms with Crippen LogP contribution in [0.25, 0.3) is 0 Å². The molecule has 196 valence electrons. The topological polar surface area (TPSA) is 88.6 Å². The van der Waals surface area contributed by atoms with Crippen molar-refractivity contribution in [2.75, 3.05) is 12.3 Å². The van der Waals surface area contributed by atoms with Crippen molar-refractivity contribution in [1.82, 2.24) is 9.55 Å². The maximum absolute atomic E-state index is 12.8. The van der Waals surface area contributed by atoms with E-state index in [4.69, 9.17) is 19.6 Å². The van der Waals surface area contributed by atoms with E-state index in [1.165, 1.54) is 10.4 Å². The number of nitrogen functional groups attached to an aromatic ring is 1. The Bertz CT molecular complexity index is 1260. The zero-order valence-corrected chi connectivity index (χ0v) is 24.7. The molecule has 2 aromatic carbocycles. The van der Waals surface area contributed by atoms with Crippen LogP contribution in [0.5, 0.6) is 0 Å². The Hall–Kier alpha value is -2.26. The number of rotatable bonds is 6. The number of nitrogens with zero attached hydrogens (tertiary/aromatic N) is 2. The van der Waals surface area contributed by atoms with Gasteiger partial charge in [-0.15, -0.1) is 0 Å². The standard InChI is InChI=1S/C28H35N3O4SeSi/c1-27(2,3)37(19-12-8-6-9-13-19,20-14-10-7-11-15-20)33-18-21-23-24(35-28(4,5)34-23)25(36-21)31-17-16-22(29)30-26(31)32/h6-17,21,23-25H,18H2,1-5H3,(H2,29,30,32)/t21-,23-,24-,25-/m1/s1. The van der Waals surface area contributed by atoms with Crippen molar-refractivity contribution < 1.29 is 13.9 Å². The number of fused-ring (bicyclic) bond motifs is 1. The molecule has 0 aliphatic carbocycles. The normalized spacial score (nSPS) is 25.2. The third-order valence-electron chi connectivity index (χ3n) is 7.13. The minimum atomic E-state index is -2.70. The third kappa shape index (κ3) is 4.85.